The van der Waals surface area contributed by atoms with Crippen LogP contribution < -0.4 is 5.32 Å². The average Bonchev–Trinajstić information content (AvgIpc) is 3.26. The van der Waals surface area contributed by atoms with Crippen LogP contribution in [0.1, 0.15) is 22.1 Å². The highest BCUT2D eigenvalue weighted by Crippen LogP contribution is 2.15. The van der Waals surface area contributed by atoms with Crippen molar-refractivity contribution < 1.29 is 9.53 Å². The maximum absolute atomic E-state index is 12.6. The van der Waals surface area contributed by atoms with Gasteiger partial charge in [-0.3, -0.25) is 14.0 Å². The number of methoxy groups -OCH3 is 1. The molecule has 0 aliphatic heterocycles. The minimum atomic E-state index is -0.284. The zero-order valence-corrected chi connectivity index (χ0v) is 13.5. The van der Waals surface area contributed by atoms with E-state index < -0.39 is 0 Å². The molecule has 1 aromatic carbocycles. The fourth-order valence-corrected chi connectivity index (χ4v) is 2.48. The zero-order chi connectivity index (χ0) is 16.9. The summed E-state index contributed by atoms with van der Waals surface area (Å²) >= 11 is 0. The molecule has 1 amide bonds. The van der Waals surface area contributed by atoms with Crippen molar-refractivity contribution in [1.29, 1.82) is 0 Å². The summed E-state index contributed by atoms with van der Waals surface area (Å²) in [5, 5.41) is 14.7. The summed E-state index contributed by atoms with van der Waals surface area (Å²) in [6.07, 6.45) is 4.86. The Hall–Kier alpha value is -3.00. The van der Waals surface area contributed by atoms with Crippen LogP contribution in [0, 0.1) is 0 Å². The highest BCUT2D eigenvalue weighted by Gasteiger charge is 2.18. The van der Waals surface area contributed by atoms with Crippen molar-refractivity contribution in [3.8, 4) is 5.69 Å². The van der Waals surface area contributed by atoms with Crippen LogP contribution in [-0.2, 0) is 11.8 Å². The summed E-state index contributed by atoms with van der Waals surface area (Å²) < 4.78 is 8.69. The molecule has 0 radical (unpaired) electrons. The Morgan fingerprint density at radius 1 is 1.29 bits per heavy atom. The molecular weight excluding hydrogens is 308 g/mol. The molecule has 1 atom stereocenters. The van der Waals surface area contributed by atoms with Gasteiger partial charge < -0.3 is 10.1 Å². The smallest absolute Gasteiger partial charge is 0.251 e. The highest BCUT2D eigenvalue weighted by molar-refractivity contribution is 5.95. The van der Waals surface area contributed by atoms with E-state index in [0.717, 1.165) is 11.4 Å². The number of aromatic nitrogens is 5. The molecule has 1 unspecified atom stereocenters. The minimum Gasteiger partial charge on any atom is -0.382 e. The first-order valence-electron chi connectivity index (χ1n) is 7.42. The maximum atomic E-state index is 12.6. The number of nitrogens with one attached hydrogen (secondary N) is 1. The van der Waals surface area contributed by atoms with Gasteiger partial charge in [0.1, 0.15) is 12.7 Å². The fraction of sp³-hybridized carbons (Fsp3) is 0.250. The molecule has 1 N–H and O–H groups in total. The van der Waals surface area contributed by atoms with E-state index in [0.29, 0.717) is 12.2 Å². The summed E-state index contributed by atoms with van der Waals surface area (Å²) in [7, 11) is 3.43. The number of amides is 1. The normalized spacial score (nSPS) is 12.1. The van der Waals surface area contributed by atoms with Gasteiger partial charge in [0, 0.05) is 31.6 Å². The molecule has 2 aromatic heterocycles. The van der Waals surface area contributed by atoms with Gasteiger partial charge in [0.25, 0.3) is 5.91 Å². The number of hydrogen-bond donors (Lipinski definition) is 1. The monoisotopic (exact) mass is 326 g/mol. The van der Waals surface area contributed by atoms with Crippen LogP contribution >= 0.6 is 0 Å². The SMILES string of the molecule is COCC(NC(=O)c1cccc(-n2cnnc2)c1)c1ccnn1C. The lowest BCUT2D eigenvalue weighted by atomic mass is 10.1. The average molecular weight is 326 g/mol. The summed E-state index contributed by atoms with van der Waals surface area (Å²) in [6.45, 7) is 0.358. The van der Waals surface area contributed by atoms with E-state index in [2.05, 4.69) is 20.6 Å². The Bertz CT molecular complexity index is 812. The van der Waals surface area contributed by atoms with E-state index in [-0.39, 0.29) is 11.9 Å². The van der Waals surface area contributed by atoms with Crippen molar-refractivity contribution in [3.05, 3.63) is 60.4 Å². The number of nitrogens with zero attached hydrogens (tertiary/aromatic N) is 5. The number of carbonyl (C=O) groups excluding carboxylic acids is 1. The van der Waals surface area contributed by atoms with Crippen LogP contribution in [-0.4, -0.2) is 44.2 Å². The third-order valence-corrected chi connectivity index (χ3v) is 3.68. The maximum Gasteiger partial charge on any atom is 0.251 e. The number of hydrogen-bond acceptors (Lipinski definition) is 5. The van der Waals surface area contributed by atoms with Gasteiger partial charge >= 0.3 is 0 Å². The Morgan fingerprint density at radius 3 is 2.75 bits per heavy atom. The number of aryl methyl sites for hydroxylation is 1. The second-order valence-corrected chi connectivity index (χ2v) is 5.28. The van der Waals surface area contributed by atoms with E-state index in [1.165, 1.54) is 0 Å². The first kappa shape index (κ1) is 15.9. The highest BCUT2D eigenvalue weighted by atomic mass is 16.5. The van der Waals surface area contributed by atoms with E-state index in [1.54, 1.807) is 47.3 Å². The largest absolute Gasteiger partial charge is 0.382 e. The molecule has 0 bridgehead atoms. The van der Waals surface area contributed by atoms with Crippen molar-refractivity contribution in [3.63, 3.8) is 0 Å². The van der Waals surface area contributed by atoms with Crippen LogP contribution in [0.15, 0.2) is 49.2 Å². The zero-order valence-electron chi connectivity index (χ0n) is 13.5. The molecule has 2 heterocycles. The molecule has 3 aromatic rings. The van der Waals surface area contributed by atoms with Crippen LogP contribution in [0.25, 0.3) is 5.69 Å². The van der Waals surface area contributed by atoms with E-state index >= 15 is 0 Å². The van der Waals surface area contributed by atoms with Gasteiger partial charge in [0.05, 0.1) is 18.3 Å². The number of rotatable bonds is 6. The molecule has 0 saturated heterocycles. The van der Waals surface area contributed by atoms with Crippen molar-refractivity contribution in [1.82, 2.24) is 29.9 Å². The van der Waals surface area contributed by atoms with Crippen LogP contribution in [0.5, 0.6) is 0 Å². The first-order valence-corrected chi connectivity index (χ1v) is 7.42. The fourth-order valence-electron chi connectivity index (χ4n) is 2.48. The van der Waals surface area contributed by atoms with Gasteiger partial charge in [-0.1, -0.05) is 6.07 Å². The Balaban J connectivity index is 1.81. The second kappa shape index (κ2) is 7.05. The van der Waals surface area contributed by atoms with Crippen molar-refractivity contribution >= 4 is 5.91 Å². The third-order valence-electron chi connectivity index (χ3n) is 3.68. The molecule has 124 valence electrons. The third kappa shape index (κ3) is 3.33. The van der Waals surface area contributed by atoms with Crippen LogP contribution in [0.3, 0.4) is 0 Å². The standard InChI is InChI=1S/C16H18N6O2/c1-21-15(6-7-19-21)14(9-24-2)20-16(23)12-4-3-5-13(8-12)22-10-17-18-11-22/h3-8,10-11,14H,9H2,1-2H3,(H,20,23). The van der Waals surface area contributed by atoms with Crippen molar-refractivity contribution in [2.75, 3.05) is 13.7 Å². The second-order valence-electron chi connectivity index (χ2n) is 5.28. The van der Waals surface area contributed by atoms with Gasteiger partial charge in [-0.25, -0.2) is 0 Å². The molecule has 24 heavy (non-hydrogen) atoms. The van der Waals surface area contributed by atoms with E-state index in [1.807, 2.05) is 25.2 Å². The predicted octanol–water partition coefficient (Wildman–Crippen LogP) is 1.12. The van der Waals surface area contributed by atoms with Gasteiger partial charge in [-0.15, -0.1) is 10.2 Å². The Kier molecular flexibility index (Phi) is 4.66. The molecule has 0 fully saturated rings. The molecule has 0 aliphatic carbocycles. The predicted molar refractivity (Wildman–Crippen MR) is 86.7 cm³/mol. The molecule has 0 spiro atoms. The van der Waals surface area contributed by atoms with E-state index in [4.69, 9.17) is 4.74 Å². The molecule has 0 saturated carbocycles. The quantitative estimate of drug-likeness (QED) is 0.733. The molecular formula is C16H18N6O2. The number of benzene rings is 1. The van der Waals surface area contributed by atoms with Gasteiger partial charge in [-0.05, 0) is 24.3 Å². The van der Waals surface area contributed by atoms with Gasteiger partial charge in [0.15, 0.2) is 0 Å². The molecule has 0 aliphatic rings. The summed E-state index contributed by atoms with van der Waals surface area (Å²) in [6, 6.07) is 8.82. The van der Waals surface area contributed by atoms with Gasteiger partial charge in [-0.2, -0.15) is 5.10 Å². The Labute approximate surface area is 139 Å². The van der Waals surface area contributed by atoms with Crippen LogP contribution in [0.4, 0.5) is 0 Å². The van der Waals surface area contributed by atoms with Crippen molar-refractivity contribution in [2.45, 2.75) is 6.04 Å². The number of ether oxygens (including phenoxy) is 1. The first-order chi connectivity index (χ1) is 11.7. The molecule has 3 rings (SSSR count). The van der Waals surface area contributed by atoms with Crippen LogP contribution in [0.2, 0.25) is 0 Å². The summed E-state index contributed by atoms with van der Waals surface area (Å²) in [4.78, 5) is 12.6. The Morgan fingerprint density at radius 2 is 2.08 bits per heavy atom. The minimum absolute atomic E-state index is 0.187. The molecule has 8 nitrogen and oxygen atoms in total. The lowest BCUT2D eigenvalue weighted by molar-refractivity contribution is 0.0892. The number of carbonyl (C=O) groups is 1. The molecule has 8 heteroatoms. The van der Waals surface area contributed by atoms with Gasteiger partial charge in [0.2, 0.25) is 0 Å². The summed E-state index contributed by atoms with van der Waals surface area (Å²) in [5.74, 6) is -0.187. The topological polar surface area (TPSA) is 86.9 Å². The lowest BCUT2D eigenvalue weighted by Gasteiger charge is -2.18. The van der Waals surface area contributed by atoms with Crippen molar-refractivity contribution in [2.24, 2.45) is 7.05 Å². The summed E-state index contributed by atoms with van der Waals surface area (Å²) in [5.41, 5.74) is 2.24. The van der Waals surface area contributed by atoms with E-state index in [9.17, 15) is 4.79 Å². The lowest BCUT2D eigenvalue weighted by Crippen LogP contribution is -2.32.